The fourth-order valence-corrected chi connectivity index (χ4v) is 1.75. The smallest absolute Gasteiger partial charge is 0.331 e. The summed E-state index contributed by atoms with van der Waals surface area (Å²) in [6.45, 7) is 4.01. The lowest BCUT2D eigenvalue weighted by Crippen LogP contribution is -2.41. The van der Waals surface area contributed by atoms with E-state index in [1.165, 1.54) is 6.08 Å². The number of rotatable bonds is 8. The maximum Gasteiger partial charge on any atom is 0.331 e. The van der Waals surface area contributed by atoms with Crippen LogP contribution in [-0.2, 0) is 14.3 Å². The molecule has 2 N–H and O–H groups in total. The Balaban J connectivity index is 2.29. The Morgan fingerprint density at radius 2 is 1.84 bits per heavy atom. The van der Waals surface area contributed by atoms with Crippen molar-refractivity contribution in [1.29, 1.82) is 0 Å². The molecular weight excluding hydrogens is 324 g/mol. The molecule has 1 aromatic carbocycles. The zero-order valence-corrected chi connectivity index (χ0v) is 14.7. The van der Waals surface area contributed by atoms with E-state index in [2.05, 4.69) is 10.6 Å². The topological polar surface area (TPSA) is 93.7 Å². The van der Waals surface area contributed by atoms with Gasteiger partial charge in [-0.15, -0.1) is 0 Å². The zero-order chi connectivity index (χ0) is 18.7. The second kappa shape index (κ2) is 10.9. The highest BCUT2D eigenvalue weighted by molar-refractivity contribution is 5.96. The summed E-state index contributed by atoms with van der Waals surface area (Å²) in [6.07, 6.45) is 3.57. The Kier molecular flexibility index (Phi) is 8.78. The number of urea groups is 1. The second-order valence-corrected chi connectivity index (χ2v) is 5.70. The first-order chi connectivity index (χ1) is 11.9. The van der Waals surface area contributed by atoms with Crippen LogP contribution in [0.2, 0.25) is 0 Å². The van der Waals surface area contributed by atoms with E-state index in [0.717, 1.165) is 12.0 Å². The monoisotopic (exact) mass is 348 g/mol. The molecule has 0 bridgehead atoms. The van der Waals surface area contributed by atoms with Crippen molar-refractivity contribution in [1.82, 2.24) is 10.6 Å². The molecule has 1 aromatic rings. The third-order valence-corrected chi connectivity index (χ3v) is 3.13. The van der Waals surface area contributed by atoms with Gasteiger partial charge in [0, 0.05) is 12.6 Å². The van der Waals surface area contributed by atoms with Crippen molar-refractivity contribution < 1.29 is 23.9 Å². The van der Waals surface area contributed by atoms with Crippen LogP contribution in [0.25, 0.3) is 6.08 Å². The van der Waals surface area contributed by atoms with Crippen LogP contribution in [0, 0.1) is 5.92 Å². The van der Waals surface area contributed by atoms with Crippen molar-refractivity contribution >= 4 is 24.0 Å². The van der Waals surface area contributed by atoms with Gasteiger partial charge in [-0.3, -0.25) is 10.1 Å². The van der Waals surface area contributed by atoms with Crippen molar-refractivity contribution in [3.63, 3.8) is 0 Å². The largest absolute Gasteiger partial charge is 0.497 e. The molecule has 0 aliphatic heterocycles. The highest BCUT2D eigenvalue weighted by atomic mass is 16.5. The predicted octanol–water partition coefficient (Wildman–Crippen LogP) is 2.12. The molecule has 0 heterocycles. The van der Waals surface area contributed by atoms with E-state index in [1.807, 2.05) is 13.8 Å². The first-order valence-corrected chi connectivity index (χ1v) is 7.97. The lowest BCUT2D eigenvalue weighted by molar-refractivity contribution is -0.143. The maximum absolute atomic E-state index is 11.6. The summed E-state index contributed by atoms with van der Waals surface area (Å²) in [6, 6.07) is 6.47. The summed E-state index contributed by atoms with van der Waals surface area (Å²) >= 11 is 0. The van der Waals surface area contributed by atoms with Crippen LogP contribution in [0.1, 0.15) is 25.8 Å². The van der Waals surface area contributed by atoms with E-state index in [-0.39, 0.29) is 0 Å². The SMILES string of the molecule is COc1ccc(/C=C/C(=O)OCC(=O)NC(=O)NCCC(C)C)cc1. The highest BCUT2D eigenvalue weighted by Gasteiger charge is 2.09. The quantitative estimate of drug-likeness (QED) is 0.554. The van der Waals surface area contributed by atoms with Crippen LogP contribution in [-0.4, -0.2) is 38.2 Å². The highest BCUT2D eigenvalue weighted by Crippen LogP contribution is 2.12. The molecule has 7 heteroatoms. The van der Waals surface area contributed by atoms with Gasteiger partial charge in [0.1, 0.15) is 5.75 Å². The van der Waals surface area contributed by atoms with Gasteiger partial charge in [0.2, 0.25) is 0 Å². The molecule has 0 aliphatic carbocycles. The lowest BCUT2D eigenvalue weighted by atomic mass is 10.1. The van der Waals surface area contributed by atoms with E-state index >= 15 is 0 Å². The minimum Gasteiger partial charge on any atom is -0.497 e. The molecular formula is C18H24N2O5. The molecule has 25 heavy (non-hydrogen) atoms. The molecule has 0 saturated heterocycles. The van der Waals surface area contributed by atoms with Crippen LogP contribution in [0.4, 0.5) is 4.79 Å². The first-order valence-electron chi connectivity index (χ1n) is 7.97. The molecule has 0 unspecified atom stereocenters. The Labute approximate surface area is 147 Å². The molecule has 0 saturated carbocycles. The van der Waals surface area contributed by atoms with Crippen molar-refractivity contribution in [2.75, 3.05) is 20.3 Å². The number of carbonyl (C=O) groups is 3. The Morgan fingerprint density at radius 1 is 1.16 bits per heavy atom. The molecule has 0 fully saturated rings. The minimum absolute atomic E-state index is 0.453. The first kappa shape index (κ1) is 20.2. The van der Waals surface area contributed by atoms with Crippen molar-refractivity contribution in [2.24, 2.45) is 5.92 Å². The molecule has 1 rings (SSSR count). The number of ether oxygens (including phenoxy) is 2. The molecule has 3 amide bonds. The predicted molar refractivity (Wildman–Crippen MR) is 94.0 cm³/mol. The molecule has 0 spiro atoms. The Bertz CT molecular complexity index is 608. The van der Waals surface area contributed by atoms with Crippen LogP contribution in [0.3, 0.4) is 0 Å². The maximum atomic E-state index is 11.6. The summed E-state index contributed by atoms with van der Waals surface area (Å²) < 4.78 is 9.81. The van der Waals surface area contributed by atoms with Gasteiger partial charge >= 0.3 is 12.0 Å². The second-order valence-electron chi connectivity index (χ2n) is 5.70. The zero-order valence-electron chi connectivity index (χ0n) is 14.7. The molecule has 0 aliphatic rings. The van der Waals surface area contributed by atoms with Gasteiger partial charge in [-0.05, 0) is 36.1 Å². The third-order valence-electron chi connectivity index (χ3n) is 3.13. The number of nitrogens with one attached hydrogen (secondary N) is 2. The van der Waals surface area contributed by atoms with Gasteiger partial charge in [-0.25, -0.2) is 9.59 Å². The molecule has 0 radical (unpaired) electrons. The van der Waals surface area contributed by atoms with Crippen molar-refractivity contribution in [3.05, 3.63) is 35.9 Å². The van der Waals surface area contributed by atoms with Crippen LogP contribution < -0.4 is 15.4 Å². The standard InChI is InChI=1S/C18H24N2O5/c1-13(2)10-11-19-18(23)20-16(21)12-25-17(22)9-6-14-4-7-15(24-3)8-5-14/h4-9,13H,10-12H2,1-3H3,(H2,19,20,21,23)/b9-6+. The van der Waals surface area contributed by atoms with Crippen LogP contribution in [0.5, 0.6) is 5.75 Å². The van der Waals surface area contributed by atoms with E-state index in [0.29, 0.717) is 18.2 Å². The minimum atomic E-state index is -0.687. The number of hydrogen-bond acceptors (Lipinski definition) is 5. The van der Waals surface area contributed by atoms with Gasteiger partial charge in [0.05, 0.1) is 7.11 Å². The van der Waals surface area contributed by atoms with Gasteiger partial charge in [-0.1, -0.05) is 26.0 Å². The number of amides is 3. The fourth-order valence-electron chi connectivity index (χ4n) is 1.75. The van der Waals surface area contributed by atoms with Gasteiger partial charge in [-0.2, -0.15) is 0 Å². The van der Waals surface area contributed by atoms with E-state index < -0.39 is 24.5 Å². The number of imide groups is 1. The Morgan fingerprint density at radius 3 is 2.44 bits per heavy atom. The number of benzene rings is 1. The number of esters is 1. The van der Waals surface area contributed by atoms with Crippen LogP contribution >= 0.6 is 0 Å². The third kappa shape index (κ3) is 9.14. The van der Waals surface area contributed by atoms with Crippen molar-refractivity contribution in [3.8, 4) is 5.75 Å². The molecule has 0 aromatic heterocycles. The van der Waals surface area contributed by atoms with E-state index in [1.54, 1.807) is 37.5 Å². The Hall–Kier alpha value is -2.83. The summed E-state index contributed by atoms with van der Waals surface area (Å²) in [5, 5.41) is 4.64. The normalized spacial score (nSPS) is 10.6. The van der Waals surface area contributed by atoms with Crippen molar-refractivity contribution in [2.45, 2.75) is 20.3 Å². The molecule has 136 valence electrons. The average molecular weight is 348 g/mol. The summed E-state index contributed by atoms with van der Waals surface area (Å²) in [7, 11) is 1.57. The summed E-state index contributed by atoms with van der Waals surface area (Å²) in [5.41, 5.74) is 0.784. The summed E-state index contributed by atoms with van der Waals surface area (Å²) in [5.74, 6) is -0.197. The fraction of sp³-hybridized carbons (Fsp3) is 0.389. The molecule has 0 atom stereocenters. The number of hydrogen-bond donors (Lipinski definition) is 2. The number of carbonyl (C=O) groups excluding carboxylic acids is 3. The van der Waals surface area contributed by atoms with Crippen LogP contribution in [0.15, 0.2) is 30.3 Å². The molecule has 7 nitrogen and oxygen atoms in total. The van der Waals surface area contributed by atoms with E-state index in [9.17, 15) is 14.4 Å². The van der Waals surface area contributed by atoms with Gasteiger partial charge in [0.25, 0.3) is 5.91 Å². The number of methoxy groups -OCH3 is 1. The lowest BCUT2D eigenvalue weighted by Gasteiger charge is -2.08. The van der Waals surface area contributed by atoms with Gasteiger partial charge in [0.15, 0.2) is 6.61 Å². The van der Waals surface area contributed by atoms with E-state index in [4.69, 9.17) is 9.47 Å². The summed E-state index contributed by atoms with van der Waals surface area (Å²) in [4.78, 5) is 34.5. The van der Waals surface area contributed by atoms with Gasteiger partial charge < -0.3 is 14.8 Å². The average Bonchev–Trinajstić information content (AvgIpc) is 2.58.